The minimum Gasteiger partial charge on any atom is -0.466 e. The molecule has 0 saturated carbocycles. The van der Waals surface area contributed by atoms with Gasteiger partial charge in [0.15, 0.2) is 0 Å². The highest BCUT2D eigenvalue weighted by molar-refractivity contribution is 8.93. The standard InChI is InChI=1S/C10H18N2O2.BrH/c1-3-14-10(13)5-4-6-12-8-7-11(2)9-12;/h7-8H,3-6,9H2,1-2H3;1H. The van der Waals surface area contributed by atoms with Gasteiger partial charge in [-0.3, -0.25) is 4.79 Å². The highest BCUT2D eigenvalue weighted by Crippen LogP contribution is 2.05. The minimum atomic E-state index is -0.0935. The molecule has 5 heteroatoms. The second kappa shape index (κ2) is 7.56. The van der Waals surface area contributed by atoms with Crippen molar-refractivity contribution in [3.63, 3.8) is 0 Å². The molecule has 1 aliphatic heterocycles. The Morgan fingerprint density at radius 3 is 2.73 bits per heavy atom. The molecule has 0 radical (unpaired) electrons. The van der Waals surface area contributed by atoms with Crippen molar-refractivity contribution in [2.45, 2.75) is 19.8 Å². The summed E-state index contributed by atoms with van der Waals surface area (Å²) >= 11 is 0. The Labute approximate surface area is 102 Å². The van der Waals surface area contributed by atoms with Crippen LogP contribution in [0.25, 0.3) is 0 Å². The molecule has 0 amide bonds. The van der Waals surface area contributed by atoms with Crippen LogP contribution in [-0.4, -0.2) is 42.6 Å². The number of esters is 1. The van der Waals surface area contributed by atoms with Crippen molar-refractivity contribution in [2.24, 2.45) is 0 Å². The molecular weight excluding hydrogens is 260 g/mol. The van der Waals surface area contributed by atoms with Gasteiger partial charge >= 0.3 is 5.97 Å². The van der Waals surface area contributed by atoms with E-state index in [2.05, 4.69) is 9.80 Å². The molecular formula is C10H19BrN2O2. The molecule has 0 bridgehead atoms. The largest absolute Gasteiger partial charge is 0.466 e. The summed E-state index contributed by atoms with van der Waals surface area (Å²) in [5.74, 6) is -0.0935. The highest BCUT2D eigenvalue weighted by Gasteiger charge is 2.08. The average Bonchev–Trinajstić information content (AvgIpc) is 2.52. The van der Waals surface area contributed by atoms with E-state index in [4.69, 9.17) is 4.74 Å². The fourth-order valence-corrected chi connectivity index (χ4v) is 1.39. The fourth-order valence-electron chi connectivity index (χ4n) is 1.39. The summed E-state index contributed by atoms with van der Waals surface area (Å²) in [5.41, 5.74) is 0. The quantitative estimate of drug-likeness (QED) is 0.715. The summed E-state index contributed by atoms with van der Waals surface area (Å²) in [5, 5.41) is 0. The lowest BCUT2D eigenvalue weighted by molar-refractivity contribution is -0.143. The molecule has 15 heavy (non-hydrogen) atoms. The van der Waals surface area contributed by atoms with Gasteiger partial charge in [-0.15, -0.1) is 17.0 Å². The van der Waals surface area contributed by atoms with Gasteiger partial charge in [-0.25, -0.2) is 0 Å². The molecule has 0 aromatic rings. The van der Waals surface area contributed by atoms with Gasteiger partial charge in [0.1, 0.15) is 0 Å². The van der Waals surface area contributed by atoms with E-state index in [1.807, 2.05) is 26.4 Å². The minimum absolute atomic E-state index is 0. The van der Waals surface area contributed by atoms with Crippen LogP contribution in [0.15, 0.2) is 12.4 Å². The smallest absolute Gasteiger partial charge is 0.305 e. The summed E-state index contributed by atoms with van der Waals surface area (Å²) in [6.45, 7) is 4.14. The predicted octanol–water partition coefficient (Wildman–Crippen LogP) is 1.58. The normalized spacial score (nSPS) is 14.0. The van der Waals surface area contributed by atoms with Crippen LogP contribution in [0.5, 0.6) is 0 Å². The summed E-state index contributed by atoms with van der Waals surface area (Å²) in [7, 11) is 2.03. The van der Waals surface area contributed by atoms with Gasteiger partial charge in [-0.05, 0) is 13.3 Å². The first-order valence-electron chi connectivity index (χ1n) is 5.00. The zero-order chi connectivity index (χ0) is 10.4. The molecule has 0 aliphatic carbocycles. The Kier molecular flexibility index (Phi) is 7.21. The van der Waals surface area contributed by atoms with Crippen molar-refractivity contribution in [2.75, 3.05) is 26.9 Å². The molecule has 0 aromatic carbocycles. The van der Waals surface area contributed by atoms with Crippen molar-refractivity contribution in [3.8, 4) is 0 Å². The fraction of sp³-hybridized carbons (Fsp3) is 0.700. The molecule has 0 unspecified atom stereocenters. The zero-order valence-corrected chi connectivity index (χ0v) is 11.0. The topological polar surface area (TPSA) is 32.8 Å². The van der Waals surface area contributed by atoms with Crippen LogP contribution in [-0.2, 0) is 9.53 Å². The monoisotopic (exact) mass is 278 g/mol. The molecule has 0 N–H and O–H groups in total. The summed E-state index contributed by atoms with van der Waals surface area (Å²) < 4.78 is 4.84. The molecule has 0 spiro atoms. The average molecular weight is 279 g/mol. The Balaban J connectivity index is 0.00000196. The molecule has 1 aliphatic rings. The van der Waals surface area contributed by atoms with Crippen molar-refractivity contribution < 1.29 is 9.53 Å². The van der Waals surface area contributed by atoms with E-state index in [0.717, 1.165) is 19.6 Å². The number of nitrogens with zero attached hydrogens (tertiary/aromatic N) is 2. The van der Waals surface area contributed by atoms with E-state index in [9.17, 15) is 4.79 Å². The Bertz CT molecular complexity index is 221. The van der Waals surface area contributed by atoms with Crippen molar-refractivity contribution >= 4 is 23.0 Å². The van der Waals surface area contributed by atoms with Gasteiger partial charge in [0.05, 0.1) is 13.3 Å². The Morgan fingerprint density at radius 1 is 1.47 bits per heavy atom. The van der Waals surface area contributed by atoms with Crippen LogP contribution in [0.4, 0.5) is 0 Å². The number of hydrogen-bond donors (Lipinski definition) is 0. The molecule has 1 rings (SSSR count). The van der Waals surface area contributed by atoms with Gasteiger partial charge in [0.2, 0.25) is 0 Å². The van der Waals surface area contributed by atoms with E-state index in [1.165, 1.54) is 0 Å². The first-order valence-corrected chi connectivity index (χ1v) is 5.00. The summed E-state index contributed by atoms with van der Waals surface area (Å²) in [4.78, 5) is 15.3. The van der Waals surface area contributed by atoms with Crippen LogP contribution in [0.3, 0.4) is 0 Å². The number of halogens is 1. The molecule has 0 atom stereocenters. The summed E-state index contributed by atoms with van der Waals surface area (Å²) in [6.07, 6.45) is 5.45. The maximum absolute atomic E-state index is 11.0. The van der Waals surface area contributed by atoms with Gasteiger partial charge in [-0.2, -0.15) is 0 Å². The third kappa shape index (κ3) is 5.67. The maximum atomic E-state index is 11.0. The van der Waals surface area contributed by atoms with Crippen LogP contribution in [0, 0.1) is 0 Å². The maximum Gasteiger partial charge on any atom is 0.305 e. The number of ether oxygens (including phenoxy) is 1. The van der Waals surface area contributed by atoms with E-state index in [1.54, 1.807) is 0 Å². The van der Waals surface area contributed by atoms with Crippen LogP contribution in [0.1, 0.15) is 19.8 Å². The Morgan fingerprint density at radius 2 is 2.20 bits per heavy atom. The van der Waals surface area contributed by atoms with Gasteiger partial charge in [0, 0.05) is 32.4 Å². The van der Waals surface area contributed by atoms with Crippen LogP contribution >= 0.6 is 17.0 Å². The first-order chi connectivity index (χ1) is 6.72. The van der Waals surface area contributed by atoms with Gasteiger partial charge in [-0.1, -0.05) is 0 Å². The van der Waals surface area contributed by atoms with Crippen LogP contribution < -0.4 is 0 Å². The molecule has 0 fully saturated rings. The predicted molar refractivity (Wildman–Crippen MR) is 64.7 cm³/mol. The molecule has 0 saturated heterocycles. The van der Waals surface area contributed by atoms with E-state index in [-0.39, 0.29) is 23.0 Å². The van der Waals surface area contributed by atoms with Crippen LogP contribution in [0.2, 0.25) is 0 Å². The molecule has 0 aromatic heterocycles. The van der Waals surface area contributed by atoms with E-state index < -0.39 is 0 Å². The molecule has 1 heterocycles. The number of carbonyl (C=O) groups is 1. The lowest BCUT2D eigenvalue weighted by Crippen LogP contribution is -2.23. The second-order valence-electron chi connectivity index (χ2n) is 3.42. The van der Waals surface area contributed by atoms with Gasteiger partial charge < -0.3 is 14.5 Å². The van der Waals surface area contributed by atoms with Crippen molar-refractivity contribution in [3.05, 3.63) is 12.4 Å². The van der Waals surface area contributed by atoms with Gasteiger partial charge in [0.25, 0.3) is 0 Å². The van der Waals surface area contributed by atoms with Crippen molar-refractivity contribution in [1.82, 2.24) is 9.80 Å². The second-order valence-corrected chi connectivity index (χ2v) is 3.42. The van der Waals surface area contributed by atoms with E-state index in [0.29, 0.717) is 13.0 Å². The SMILES string of the molecule is Br.CCOC(=O)CCCN1C=CN(C)C1. The lowest BCUT2D eigenvalue weighted by Gasteiger charge is -2.17. The van der Waals surface area contributed by atoms with E-state index >= 15 is 0 Å². The highest BCUT2D eigenvalue weighted by atomic mass is 79.9. The molecule has 88 valence electrons. The number of rotatable bonds is 5. The first kappa shape index (κ1) is 14.3. The lowest BCUT2D eigenvalue weighted by atomic mass is 10.3. The Hall–Kier alpha value is -0.710. The number of hydrogen-bond acceptors (Lipinski definition) is 4. The number of carbonyl (C=O) groups excluding carboxylic acids is 1. The third-order valence-corrected chi connectivity index (χ3v) is 2.07. The zero-order valence-electron chi connectivity index (χ0n) is 9.31. The summed E-state index contributed by atoms with van der Waals surface area (Å²) in [6, 6.07) is 0. The van der Waals surface area contributed by atoms with Crippen molar-refractivity contribution in [1.29, 1.82) is 0 Å². The third-order valence-electron chi connectivity index (χ3n) is 2.07. The molecule has 4 nitrogen and oxygen atoms in total.